The van der Waals surface area contributed by atoms with E-state index in [2.05, 4.69) is 26.9 Å². The second-order valence-corrected chi connectivity index (χ2v) is 6.38. The first-order chi connectivity index (χ1) is 13.6. The van der Waals surface area contributed by atoms with Crippen LogP contribution in [0.4, 0.5) is 0 Å². The van der Waals surface area contributed by atoms with Crippen LogP contribution in [0.2, 0.25) is 0 Å². The van der Waals surface area contributed by atoms with Crippen LogP contribution in [0.5, 0.6) is 5.88 Å². The van der Waals surface area contributed by atoms with Gasteiger partial charge in [-0.05, 0) is 18.4 Å². The number of esters is 1. The second kappa shape index (κ2) is 9.14. The summed E-state index contributed by atoms with van der Waals surface area (Å²) in [5, 5.41) is 11.6. The number of benzene rings is 1. The number of aryl methyl sites for hydroxylation is 1. The summed E-state index contributed by atoms with van der Waals surface area (Å²) in [6.07, 6.45) is 9.59. The first kappa shape index (κ1) is 19.6. The highest BCUT2D eigenvalue weighted by Crippen LogP contribution is 2.34. The molecule has 0 bridgehead atoms. The summed E-state index contributed by atoms with van der Waals surface area (Å²) in [6, 6.07) is 8.96. The van der Waals surface area contributed by atoms with Gasteiger partial charge in [0.15, 0.2) is 0 Å². The number of nitrogens with zero attached hydrogens (tertiary/aromatic N) is 4. The van der Waals surface area contributed by atoms with E-state index in [4.69, 9.17) is 4.74 Å². The molecule has 0 fully saturated rings. The van der Waals surface area contributed by atoms with Crippen molar-refractivity contribution in [2.75, 3.05) is 0 Å². The third kappa shape index (κ3) is 4.55. The third-order valence-electron chi connectivity index (χ3n) is 4.34. The fourth-order valence-electron chi connectivity index (χ4n) is 2.98. The monoisotopic (exact) mass is 378 g/mol. The summed E-state index contributed by atoms with van der Waals surface area (Å²) in [4.78, 5) is 29.2. The van der Waals surface area contributed by atoms with Crippen LogP contribution in [0.15, 0.2) is 61.3 Å². The molecule has 0 aliphatic rings. The molecule has 7 nitrogen and oxygen atoms in total. The van der Waals surface area contributed by atoms with Gasteiger partial charge >= 0.3 is 5.97 Å². The van der Waals surface area contributed by atoms with Crippen LogP contribution in [-0.2, 0) is 16.8 Å². The largest absolute Gasteiger partial charge is 0.406 e. The molecule has 1 atom stereocenters. The maximum atomic E-state index is 12.6. The maximum Gasteiger partial charge on any atom is 0.316 e. The minimum atomic E-state index is -1.67. The Morgan fingerprint density at radius 2 is 1.82 bits per heavy atom. The predicted octanol–water partition coefficient (Wildman–Crippen LogP) is 2.84. The van der Waals surface area contributed by atoms with Gasteiger partial charge < -0.3 is 9.84 Å². The minimum absolute atomic E-state index is 0.0771. The number of carbonyl (C=O) groups excluding carboxylic acids is 1. The molecule has 3 aromatic rings. The van der Waals surface area contributed by atoms with E-state index < -0.39 is 11.6 Å². The molecule has 0 spiro atoms. The first-order valence-corrected chi connectivity index (χ1v) is 9.18. The van der Waals surface area contributed by atoms with Crippen LogP contribution in [0.1, 0.15) is 43.1 Å². The molecule has 2 heterocycles. The SMILES string of the molecule is CCCCc1nccnc1C(O)(CC(=O)Oc1cnccn1)c1ccccc1. The average Bonchev–Trinajstić information content (AvgIpc) is 2.73. The molecular weight excluding hydrogens is 356 g/mol. The number of aromatic nitrogens is 4. The van der Waals surface area contributed by atoms with Crippen LogP contribution in [-0.4, -0.2) is 31.0 Å². The molecule has 0 amide bonds. The van der Waals surface area contributed by atoms with E-state index >= 15 is 0 Å². The van der Waals surface area contributed by atoms with E-state index in [9.17, 15) is 9.90 Å². The van der Waals surface area contributed by atoms with Crippen molar-refractivity contribution in [2.45, 2.75) is 38.2 Å². The molecule has 0 radical (unpaired) electrons. The number of unbranched alkanes of at least 4 members (excludes halogenated alkanes) is 1. The Hall–Kier alpha value is -3.19. The summed E-state index contributed by atoms with van der Waals surface area (Å²) in [6.45, 7) is 2.08. The molecule has 3 rings (SSSR count). The quantitative estimate of drug-likeness (QED) is 0.602. The normalized spacial score (nSPS) is 12.9. The van der Waals surface area contributed by atoms with Gasteiger partial charge in [0, 0.05) is 24.8 Å². The summed E-state index contributed by atoms with van der Waals surface area (Å²) in [5.74, 6) is -0.563. The Balaban J connectivity index is 1.96. The van der Waals surface area contributed by atoms with Gasteiger partial charge in [-0.15, -0.1) is 0 Å². The van der Waals surface area contributed by atoms with E-state index in [0.29, 0.717) is 23.4 Å². The fraction of sp³-hybridized carbons (Fsp3) is 0.286. The molecule has 7 heteroatoms. The molecule has 0 saturated carbocycles. The Kier molecular flexibility index (Phi) is 6.39. The molecule has 2 aromatic heterocycles. The zero-order valence-electron chi connectivity index (χ0n) is 15.7. The molecule has 28 heavy (non-hydrogen) atoms. The lowest BCUT2D eigenvalue weighted by Gasteiger charge is -2.28. The molecule has 0 aliphatic heterocycles. The maximum absolute atomic E-state index is 12.6. The van der Waals surface area contributed by atoms with Crippen molar-refractivity contribution >= 4 is 5.97 Å². The van der Waals surface area contributed by atoms with Crippen LogP contribution in [0.25, 0.3) is 0 Å². The summed E-state index contributed by atoms with van der Waals surface area (Å²) >= 11 is 0. The predicted molar refractivity (Wildman–Crippen MR) is 102 cm³/mol. The molecule has 1 N–H and O–H groups in total. The first-order valence-electron chi connectivity index (χ1n) is 9.18. The van der Waals surface area contributed by atoms with Crippen molar-refractivity contribution in [3.8, 4) is 5.88 Å². The molecular formula is C21H22N4O3. The highest BCUT2D eigenvalue weighted by molar-refractivity contribution is 5.74. The molecule has 0 saturated heterocycles. The van der Waals surface area contributed by atoms with Gasteiger partial charge in [-0.1, -0.05) is 43.7 Å². The van der Waals surface area contributed by atoms with E-state index in [1.165, 1.54) is 24.8 Å². The number of carbonyl (C=O) groups is 1. The zero-order chi connectivity index (χ0) is 19.8. The Morgan fingerprint density at radius 3 is 2.54 bits per heavy atom. The number of rotatable bonds is 8. The summed E-state index contributed by atoms with van der Waals surface area (Å²) in [7, 11) is 0. The smallest absolute Gasteiger partial charge is 0.316 e. The van der Waals surface area contributed by atoms with Crippen LogP contribution < -0.4 is 4.74 Å². The molecule has 144 valence electrons. The number of hydrogen-bond acceptors (Lipinski definition) is 7. The third-order valence-corrected chi connectivity index (χ3v) is 4.34. The second-order valence-electron chi connectivity index (χ2n) is 6.38. The van der Waals surface area contributed by atoms with Crippen molar-refractivity contribution in [3.63, 3.8) is 0 Å². The lowest BCUT2D eigenvalue weighted by molar-refractivity contribution is -0.139. The molecule has 1 aromatic carbocycles. The van der Waals surface area contributed by atoms with Gasteiger partial charge in [-0.25, -0.2) is 4.98 Å². The number of hydrogen-bond donors (Lipinski definition) is 1. The lowest BCUT2D eigenvalue weighted by atomic mass is 9.85. The summed E-state index contributed by atoms with van der Waals surface area (Å²) < 4.78 is 5.25. The Morgan fingerprint density at radius 1 is 1.07 bits per heavy atom. The Bertz CT molecular complexity index is 906. The van der Waals surface area contributed by atoms with Crippen molar-refractivity contribution in [3.05, 3.63) is 78.3 Å². The van der Waals surface area contributed by atoms with E-state index in [0.717, 1.165) is 12.8 Å². The minimum Gasteiger partial charge on any atom is -0.406 e. The van der Waals surface area contributed by atoms with Gasteiger partial charge in [0.05, 0.1) is 24.0 Å². The van der Waals surface area contributed by atoms with E-state index in [1.54, 1.807) is 30.5 Å². The van der Waals surface area contributed by atoms with Crippen molar-refractivity contribution < 1.29 is 14.6 Å². The fourth-order valence-corrected chi connectivity index (χ4v) is 2.98. The highest BCUT2D eigenvalue weighted by atomic mass is 16.5. The van der Waals surface area contributed by atoms with Crippen molar-refractivity contribution in [2.24, 2.45) is 0 Å². The lowest BCUT2D eigenvalue weighted by Crippen LogP contribution is -2.34. The van der Waals surface area contributed by atoms with Crippen LogP contribution in [0.3, 0.4) is 0 Å². The van der Waals surface area contributed by atoms with Crippen LogP contribution >= 0.6 is 0 Å². The zero-order valence-corrected chi connectivity index (χ0v) is 15.7. The van der Waals surface area contributed by atoms with Crippen molar-refractivity contribution in [1.82, 2.24) is 19.9 Å². The van der Waals surface area contributed by atoms with Gasteiger partial charge in [-0.3, -0.25) is 19.7 Å². The summed E-state index contributed by atoms with van der Waals surface area (Å²) in [5.41, 5.74) is -0.0872. The average molecular weight is 378 g/mol. The van der Waals surface area contributed by atoms with Crippen molar-refractivity contribution in [1.29, 1.82) is 0 Å². The Labute approximate surface area is 163 Å². The molecule has 1 unspecified atom stereocenters. The highest BCUT2D eigenvalue weighted by Gasteiger charge is 2.38. The van der Waals surface area contributed by atoms with Gasteiger partial charge in [-0.2, -0.15) is 0 Å². The van der Waals surface area contributed by atoms with Gasteiger partial charge in [0.2, 0.25) is 5.88 Å². The number of ether oxygens (including phenoxy) is 1. The van der Waals surface area contributed by atoms with Crippen LogP contribution in [0, 0.1) is 0 Å². The van der Waals surface area contributed by atoms with E-state index in [1.807, 2.05) is 6.07 Å². The van der Waals surface area contributed by atoms with Gasteiger partial charge in [0.1, 0.15) is 5.60 Å². The van der Waals surface area contributed by atoms with E-state index in [-0.39, 0.29) is 12.3 Å². The topological polar surface area (TPSA) is 98.1 Å². The number of aliphatic hydroxyl groups is 1. The van der Waals surface area contributed by atoms with Gasteiger partial charge in [0.25, 0.3) is 0 Å². The molecule has 0 aliphatic carbocycles. The standard InChI is InChI=1S/C21H22N4O3/c1-2-3-9-17-20(25-13-12-23-17)21(27,16-7-5-4-6-8-16)14-19(26)28-18-15-22-10-11-24-18/h4-8,10-13,15,27H,2-3,9,14H2,1H3.